The molecule has 2 aromatic rings. The van der Waals surface area contributed by atoms with Crippen LogP contribution < -0.4 is 14.8 Å². The van der Waals surface area contributed by atoms with Gasteiger partial charge in [-0.15, -0.1) is 0 Å². The minimum atomic E-state index is 0.199. The zero-order valence-electron chi connectivity index (χ0n) is 16.1. The summed E-state index contributed by atoms with van der Waals surface area (Å²) >= 11 is 9.30. The quantitative estimate of drug-likeness (QED) is 0.591. The van der Waals surface area contributed by atoms with Crippen molar-refractivity contribution in [2.24, 2.45) is 0 Å². The van der Waals surface area contributed by atoms with Crippen LogP contribution in [-0.4, -0.2) is 43.5 Å². The van der Waals surface area contributed by atoms with Gasteiger partial charge in [-0.1, -0.05) is 28.1 Å². The molecule has 28 heavy (non-hydrogen) atoms. The van der Waals surface area contributed by atoms with Gasteiger partial charge in [0.25, 0.3) is 0 Å². The molecule has 0 aromatic heterocycles. The monoisotopic (exact) mass is 464 g/mol. The molecule has 0 bridgehead atoms. The van der Waals surface area contributed by atoms with Gasteiger partial charge in [0.2, 0.25) is 0 Å². The number of anilines is 1. The van der Waals surface area contributed by atoms with Crippen molar-refractivity contribution >= 4 is 38.9 Å². The Labute approximate surface area is 180 Å². The molecule has 1 N–H and O–H groups in total. The molecule has 0 saturated carbocycles. The SMILES string of the molecule is COc1ccc(NC(=S)N(Cc2cccc(Br)c2)CC2CCCO2)c(OC)c1. The zero-order valence-corrected chi connectivity index (χ0v) is 18.5. The number of hydrogen-bond donors (Lipinski definition) is 1. The number of nitrogens with one attached hydrogen (secondary N) is 1. The van der Waals surface area contributed by atoms with E-state index < -0.39 is 0 Å². The fourth-order valence-electron chi connectivity index (χ4n) is 3.21. The summed E-state index contributed by atoms with van der Waals surface area (Å²) in [5, 5.41) is 3.97. The highest BCUT2D eigenvalue weighted by molar-refractivity contribution is 9.10. The topological polar surface area (TPSA) is 43.0 Å². The number of hydrogen-bond acceptors (Lipinski definition) is 4. The average Bonchev–Trinajstić information content (AvgIpc) is 3.21. The van der Waals surface area contributed by atoms with E-state index in [1.807, 2.05) is 30.3 Å². The number of rotatable bonds is 7. The van der Waals surface area contributed by atoms with Crippen molar-refractivity contribution in [3.8, 4) is 11.5 Å². The normalized spacial score (nSPS) is 15.9. The zero-order chi connectivity index (χ0) is 19.9. The Balaban J connectivity index is 1.77. The maximum Gasteiger partial charge on any atom is 0.173 e. The number of thiocarbonyl (C=S) groups is 1. The second-order valence-electron chi connectivity index (χ2n) is 6.64. The summed E-state index contributed by atoms with van der Waals surface area (Å²) in [6.45, 7) is 2.27. The predicted molar refractivity (Wildman–Crippen MR) is 119 cm³/mol. The maximum absolute atomic E-state index is 5.84. The van der Waals surface area contributed by atoms with Gasteiger partial charge in [-0.3, -0.25) is 0 Å². The number of methoxy groups -OCH3 is 2. The van der Waals surface area contributed by atoms with E-state index in [0.717, 1.165) is 41.9 Å². The highest BCUT2D eigenvalue weighted by atomic mass is 79.9. The van der Waals surface area contributed by atoms with Crippen molar-refractivity contribution in [2.75, 3.05) is 32.7 Å². The standard InChI is InChI=1S/C21H25BrN2O3S/c1-25-17-8-9-19(20(12-17)26-2)23-21(28)24(14-18-7-4-10-27-18)13-15-5-3-6-16(22)11-15/h3,5-6,8-9,11-12,18H,4,7,10,13-14H2,1-2H3,(H,23,28). The van der Waals surface area contributed by atoms with Crippen LogP contribution in [0.1, 0.15) is 18.4 Å². The summed E-state index contributed by atoms with van der Waals surface area (Å²) in [7, 11) is 3.27. The lowest BCUT2D eigenvalue weighted by Crippen LogP contribution is -2.39. The molecule has 1 atom stereocenters. The molecule has 150 valence electrons. The van der Waals surface area contributed by atoms with Crippen LogP contribution in [0.2, 0.25) is 0 Å². The molecular weight excluding hydrogens is 440 g/mol. The summed E-state index contributed by atoms with van der Waals surface area (Å²) < 4.78 is 17.6. The van der Waals surface area contributed by atoms with E-state index in [1.54, 1.807) is 14.2 Å². The van der Waals surface area contributed by atoms with Crippen LogP contribution in [0.3, 0.4) is 0 Å². The third-order valence-corrected chi connectivity index (χ3v) is 5.50. The lowest BCUT2D eigenvalue weighted by Gasteiger charge is -2.29. The largest absolute Gasteiger partial charge is 0.497 e. The van der Waals surface area contributed by atoms with E-state index in [2.05, 4.69) is 38.3 Å². The molecule has 3 rings (SSSR count). The Morgan fingerprint density at radius 2 is 2.11 bits per heavy atom. The van der Waals surface area contributed by atoms with E-state index in [9.17, 15) is 0 Å². The second-order valence-corrected chi connectivity index (χ2v) is 7.94. The van der Waals surface area contributed by atoms with Crippen molar-refractivity contribution in [2.45, 2.75) is 25.5 Å². The molecule has 1 heterocycles. The second kappa shape index (κ2) is 10.1. The van der Waals surface area contributed by atoms with E-state index in [0.29, 0.717) is 17.4 Å². The molecule has 1 saturated heterocycles. The van der Waals surface area contributed by atoms with Crippen molar-refractivity contribution in [3.05, 3.63) is 52.5 Å². The molecule has 1 unspecified atom stereocenters. The summed E-state index contributed by atoms with van der Waals surface area (Å²) in [5.41, 5.74) is 1.98. The fourth-order valence-corrected chi connectivity index (χ4v) is 3.90. The first kappa shape index (κ1) is 20.9. The van der Waals surface area contributed by atoms with Gasteiger partial charge in [-0.25, -0.2) is 0 Å². The first-order valence-electron chi connectivity index (χ1n) is 9.23. The molecule has 0 radical (unpaired) electrons. The maximum atomic E-state index is 5.84. The van der Waals surface area contributed by atoms with Crippen LogP contribution in [0.4, 0.5) is 5.69 Å². The Kier molecular flexibility index (Phi) is 7.53. The summed E-state index contributed by atoms with van der Waals surface area (Å²) in [6, 6.07) is 13.9. The van der Waals surface area contributed by atoms with Gasteiger partial charge in [-0.2, -0.15) is 0 Å². The first-order valence-corrected chi connectivity index (χ1v) is 10.4. The molecule has 1 aliphatic heterocycles. The molecule has 0 spiro atoms. The molecule has 1 fully saturated rings. The van der Waals surface area contributed by atoms with Gasteiger partial charge in [0.05, 0.1) is 26.0 Å². The van der Waals surface area contributed by atoms with Crippen LogP contribution in [0, 0.1) is 0 Å². The molecule has 0 aliphatic carbocycles. The number of benzene rings is 2. The Morgan fingerprint density at radius 3 is 2.79 bits per heavy atom. The molecule has 2 aromatic carbocycles. The number of ether oxygens (including phenoxy) is 3. The number of halogens is 1. The van der Waals surface area contributed by atoms with Crippen LogP contribution in [0.25, 0.3) is 0 Å². The highest BCUT2D eigenvalue weighted by Crippen LogP contribution is 2.29. The summed E-state index contributed by atoms with van der Waals surface area (Å²) in [6.07, 6.45) is 2.36. The third kappa shape index (κ3) is 5.59. The fraction of sp³-hybridized carbons (Fsp3) is 0.381. The number of nitrogens with zero attached hydrogens (tertiary/aromatic N) is 1. The van der Waals surface area contributed by atoms with Gasteiger partial charge < -0.3 is 24.4 Å². The van der Waals surface area contributed by atoms with Gasteiger partial charge in [0.15, 0.2) is 5.11 Å². The summed E-state index contributed by atoms with van der Waals surface area (Å²) in [4.78, 5) is 2.15. The van der Waals surface area contributed by atoms with Crippen molar-refractivity contribution in [1.82, 2.24) is 4.90 Å². The average molecular weight is 465 g/mol. The van der Waals surface area contributed by atoms with Crippen LogP contribution >= 0.6 is 28.1 Å². The molecule has 1 aliphatic rings. The van der Waals surface area contributed by atoms with E-state index >= 15 is 0 Å². The van der Waals surface area contributed by atoms with Gasteiger partial charge in [0.1, 0.15) is 11.5 Å². The highest BCUT2D eigenvalue weighted by Gasteiger charge is 2.22. The molecule has 7 heteroatoms. The van der Waals surface area contributed by atoms with Crippen LogP contribution in [-0.2, 0) is 11.3 Å². The van der Waals surface area contributed by atoms with Crippen molar-refractivity contribution < 1.29 is 14.2 Å². The van der Waals surface area contributed by atoms with Gasteiger partial charge >= 0.3 is 0 Å². The van der Waals surface area contributed by atoms with E-state index in [4.69, 9.17) is 26.4 Å². The Bertz CT molecular complexity index is 812. The predicted octanol–water partition coefficient (Wildman–Crippen LogP) is 4.84. The van der Waals surface area contributed by atoms with E-state index in [1.165, 1.54) is 5.56 Å². The van der Waals surface area contributed by atoms with E-state index in [-0.39, 0.29) is 6.10 Å². The lowest BCUT2D eigenvalue weighted by molar-refractivity contribution is 0.0905. The molecular formula is C21H25BrN2O3S. The third-order valence-electron chi connectivity index (χ3n) is 4.65. The van der Waals surface area contributed by atoms with Gasteiger partial charge in [-0.05, 0) is 54.9 Å². The lowest BCUT2D eigenvalue weighted by atomic mass is 10.2. The van der Waals surface area contributed by atoms with Crippen molar-refractivity contribution in [3.63, 3.8) is 0 Å². The minimum Gasteiger partial charge on any atom is -0.497 e. The van der Waals surface area contributed by atoms with Gasteiger partial charge in [0, 0.05) is 30.2 Å². The molecule has 5 nitrogen and oxygen atoms in total. The Morgan fingerprint density at radius 1 is 1.25 bits per heavy atom. The van der Waals surface area contributed by atoms with Crippen LogP contribution in [0.15, 0.2) is 46.9 Å². The summed E-state index contributed by atoms with van der Waals surface area (Å²) in [5.74, 6) is 1.42. The molecule has 0 amide bonds. The Hall–Kier alpha value is -1.83. The minimum absolute atomic E-state index is 0.199. The first-order chi connectivity index (χ1) is 13.6. The van der Waals surface area contributed by atoms with Crippen LogP contribution in [0.5, 0.6) is 11.5 Å². The smallest absolute Gasteiger partial charge is 0.173 e. The van der Waals surface area contributed by atoms with Crippen molar-refractivity contribution in [1.29, 1.82) is 0 Å².